The van der Waals surface area contributed by atoms with Crippen molar-refractivity contribution in [1.82, 2.24) is 5.32 Å². The predicted octanol–water partition coefficient (Wildman–Crippen LogP) is 1.06. The molecule has 1 aliphatic rings. The highest BCUT2D eigenvalue weighted by molar-refractivity contribution is 6.76. The van der Waals surface area contributed by atoms with E-state index in [1.54, 1.807) is 0 Å². The van der Waals surface area contributed by atoms with Crippen LogP contribution in [0.2, 0.25) is 25.7 Å². The highest BCUT2D eigenvalue weighted by atomic mass is 28.3. The predicted molar refractivity (Wildman–Crippen MR) is 67.8 cm³/mol. The fraction of sp³-hybridized carbons (Fsp3) is 0.909. The molecule has 1 fully saturated rings. The highest BCUT2D eigenvalue weighted by Crippen LogP contribution is 2.14. The number of rotatable bonds is 6. The minimum atomic E-state index is -1.16. The van der Waals surface area contributed by atoms with Crippen LogP contribution in [0.5, 0.6) is 0 Å². The molecule has 100 valence electrons. The second-order valence-electron chi connectivity index (χ2n) is 5.68. The molecule has 17 heavy (non-hydrogen) atoms. The molecule has 0 radical (unpaired) electrons. The maximum atomic E-state index is 11.5. The summed E-state index contributed by atoms with van der Waals surface area (Å²) in [6.45, 7) is 8.28. The minimum absolute atomic E-state index is 0.0723. The van der Waals surface area contributed by atoms with Gasteiger partial charge in [-0.2, -0.15) is 0 Å². The summed E-state index contributed by atoms with van der Waals surface area (Å²) in [7, 11) is -1.16. The van der Waals surface area contributed by atoms with Gasteiger partial charge in [-0.15, -0.1) is 0 Å². The van der Waals surface area contributed by atoms with Crippen LogP contribution in [0.3, 0.4) is 0 Å². The molecule has 0 bridgehead atoms. The first-order valence-corrected chi connectivity index (χ1v) is 9.75. The molecule has 1 rings (SSSR count). The molecule has 1 amide bonds. The zero-order valence-corrected chi connectivity index (χ0v) is 11.9. The summed E-state index contributed by atoms with van der Waals surface area (Å²) >= 11 is 0. The molecule has 0 aromatic carbocycles. The SMILES string of the molecule is C[Si](C)(C)CCOC(=O)NC(CO)C1COC1. The average Bonchev–Trinajstić information content (AvgIpc) is 2.11. The van der Waals surface area contributed by atoms with E-state index >= 15 is 0 Å². The van der Waals surface area contributed by atoms with Gasteiger partial charge in [0, 0.05) is 14.0 Å². The van der Waals surface area contributed by atoms with Crippen LogP contribution >= 0.6 is 0 Å². The van der Waals surface area contributed by atoms with Gasteiger partial charge in [0.05, 0.1) is 32.5 Å². The topological polar surface area (TPSA) is 67.8 Å². The number of aliphatic hydroxyl groups excluding tert-OH is 1. The van der Waals surface area contributed by atoms with E-state index in [4.69, 9.17) is 14.6 Å². The van der Waals surface area contributed by atoms with E-state index in [2.05, 4.69) is 25.0 Å². The van der Waals surface area contributed by atoms with E-state index in [0.29, 0.717) is 19.8 Å². The van der Waals surface area contributed by atoms with E-state index in [1.165, 1.54) is 0 Å². The Morgan fingerprint density at radius 2 is 2.18 bits per heavy atom. The Bertz CT molecular complexity index is 250. The number of carbonyl (C=O) groups is 1. The lowest BCUT2D eigenvalue weighted by atomic mass is 9.99. The standard InChI is InChI=1S/C11H23NO4Si/c1-17(2,3)5-4-16-11(14)12-10(6-13)9-7-15-8-9/h9-10,13H,4-8H2,1-3H3,(H,12,14). The van der Waals surface area contributed by atoms with E-state index in [9.17, 15) is 4.79 Å². The molecule has 0 aromatic heterocycles. The first-order chi connectivity index (χ1) is 7.92. The Kier molecular flexibility index (Phi) is 5.42. The number of hydrogen-bond acceptors (Lipinski definition) is 4. The maximum absolute atomic E-state index is 11.5. The Morgan fingerprint density at radius 3 is 2.59 bits per heavy atom. The smallest absolute Gasteiger partial charge is 0.407 e. The van der Waals surface area contributed by atoms with Gasteiger partial charge in [-0.1, -0.05) is 19.6 Å². The average molecular weight is 261 g/mol. The molecule has 0 spiro atoms. The fourth-order valence-corrected chi connectivity index (χ4v) is 2.16. The van der Waals surface area contributed by atoms with Crippen LogP contribution in [-0.4, -0.2) is 51.7 Å². The Hall–Kier alpha value is -0.593. The van der Waals surface area contributed by atoms with E-state index < -0.39 is 14.2 Å². The molecule has 0 saturated carbocycles. The van der Waals surface area contributed by atoms with E-state index in [-0.39, 0.29) is 18.6 Å². The van der Waals surface area contributed by atoms with Crippen molar-refractivity contribution in [1.29, 1.82) is 0 Å². The van der Waals surface area contributed by atoms with Gasteiger partial charge >= 0.3 is 6.09 Å². The third-order valence-electron chi connectivity index (χ3n) is 2.82. The summed E-state index contributed by atoms with van der Waals surface area (Å²) < 4.78 is 10.1. The van der Waals surface area contributed by atoms with E-state index in [0.717, 1.165) is 6.04 Å². The van der Waals surface area contributed by atoms with Crippen LogP contribution in [0.1, 0.15) is 0 Å². The van der Waals surface area contributed by atoms with Crippen LogP contribution in [0.15, 0.2) is 0 Å². The van der Waals surface area contributed by atoms with Gasteiger partial charge in [-0.3, -0.25) is 0 Å². The molecule has 0 aromatic rings. The number of hydrogen-bond donors (Lipinski definition) is 2. The number of carbonyl (C=O) groups excluding carboxylic acids is 1. The lowest BCUT2D eigenvalue weighted by Gasteiger charge is -2.32. The lowest BCUT2D eigenvalue weighted by molar-refractivity contribution is -0.0569. The van der Waals surface area contributed by atoms with Crippen LogP contribution in [0, 0.1) is 5.92 Å². The Morgan fingerprint density at radius 1 is 1.53 bits per heavy atom. The second kappa shape index (κ2) is 6.37. The molecule has 1 heterocycles. The van der Waals surface area contributed by atoms with Gasteiger partial charge in [0.25, 0.3) is 0 Å². The normalized spacial score (nSPS) is 18.4. The molecule has 2 N–H and O–H groups in total. The third-order valence-corrected chi connectivity index (χ3v) is 4.52. The molecule has 1 atom stereocenters. The van der Waals surface area contributed by atoms with Gasteiger partial charge in [-0.25, -0.2) is 4.79 Å². The number of amides is 1. The summed E-state index contributed by atoms with van der Waals surface area (Å²) in [6, 6.07) is 0.708. The van der Waals surface area contributed by atoms with Crippen molar-refractivity contribution in [3.63, 3.8) is 0 Å². The van der Waals surface area contributed by atoms with Gasteiger partial charge in [0.15, 0.2) is 0 Å². The zero-order valence-electron chi connectivity index (χ0n) is 10.9. The maximum Gasteiger partial charge on any atom is 0.407 e. The number of alkyl carbamates (subject to hydrolysis) is 1. The largest absolute Gasteiger partial charge is 0.450 e. The van der Waals surface area contributed by atoms with Crippen molar-refractivity contribution in [2.75, 3.05) is 26.4 Å². The molecule has 1 aliphatic heterocycles. The van der Waals surface area contributed by atoms with Crippen molar-refractivity contribution in [2.24, 2.45) is 5.92 Å². The first kappa shape index (κ1) is 14.5. The van der Waals surface area contributed by atoms with Crippen molar-refractivity contribution in [3.05, 3.63) is 0 Å². The Balaban J connectivity index is 2.18. The molecule has 1 unspecified atom stereocenters. The number of nitrogens with one attached hydrogen (secondary N) is 1. The number of ether oxygens (including phenoxy) is 2. The lowest BCUT2D eigenvalue weighted by Crippen LogP contribution is -2.50. The van der Waals surface area contributed by atoms with Gasteiger partial charge in [0.1, 0.15) is 0 Å². The van der Waals surface area contributed by atoms with Crippen molar-refractivity contribution in [3.8, 4) is 0 Å². The minimum Gasteiger partial charge on any atom is -0.450 e. The summed E-state index contributed by atoms with van der Waals surface area (Å²) in [4.78, 5) is 11.5. The van der Waals surface area contributed by atoms with Crippen LogP contribution < -0.4 is 5.32 Å². The Labute approximate surface area is 103 Å². The van der Waals surface area contributed by atoms with Crippen molar-refractivity contribution in [2.45, 2.75) is 31.7 Å². The van der Waals surface area contributed by atoms with E-state index in [1.807, 2.05) is 0 Å². The third kappa shape index (κ3) is 5.52. The summed E-state index contributed by atoms with van der Waals surface area (Å²) in [6.07, 6.45) is -0.436. The van der Waals surface area contributed by atoms with Gasteiger partial charge in [0.2, 0.25) is 0 Å². The molecule has 5 nitrogen and oxygen atoms in total. The summed E-state index contributed by atoms with van der Waals surface area (Å²) in [5.74, 6) is 0.213. The molecule has 0 aliphatic carbocycles. The quantitative estimate of drug-likeness (QED) is 0.702. The van der Waals surface area contributed by atoms with Crippen LogP contribution in [0.4, 0.5) is 4.79 Å². The number of aliphatic hydroxyl groups is 1. The molecule has 6 heteroatoms. The van der Waals surface area contributed by atoms with Gasteiger partial charge < -0.3 is 19.9 Å². The zero-order chi connectivity index (χ0) is 12.9. The monoisotopic (exact) mass is 261 g/mol. The van der Waals surface area contributed by atoms with Crippen LogP contribution in [0.25, 0.3) is 0 Å². The van der Waals surface area contributed by atoms with Crippen molar-refractivity contribution >= 4 is 14.2 Å². The summed E-state index contributed by atoms with van der Waals surface area (Å²) in [5.41, 5.74) is 0. The molecular weight excluding hydrogens is 238 g/mol. The second-order valence-corrected chi connectivity index (χ2v) is 11.3. The first-order valence-electron chi connectivity index (χ1n) is 6.04. The van der Waals surface area contributed by atoms with Gasteiger partial charge in [-0.05, 0) is 6.04 Å². The highest BCUT2D eigenvalue weighted by Gasteiger charge is 2.29. The van der Waals surface area contributed by atoms with Crippen LogP contribution in [-0.2, 0) is 9.47 Å². The molecule has 1 saturated heterocycles. The van der Waals surface area contributed by atoms with Crippen molar-refractivity contribution < 1.29 is 19.4 Å². The molecular formula is C11H23NO4Si. The summed E-state index contributed by atoms with van der Waals surface area (Å²) in [5, 5.41) is 11.8. The fourth-order valence-electron chi connectivity index (χ4n) is 1.44.